The van der Waals surface area contributed by atoms with Gasteiger partial charge in [0, 0.05) is 0 Å². The number of aliphatic hydroxyl groups excluding tert-OH is 2. The van der Waals surface area contributed by atoms with Gasteiger partial charge in [-0.2, -0.15) is 4.98 Å². The standard InChI is InChI=1S/C10H16N5O7PS/c11-10-13-7-4(8(18)14-10)12-2-15(7)9-6(24-23(19,20)21)5(17)3(1-16)22-9/h2-3,5-6,9,16-17,19-21,24H,1H2,(H3,11,13,14,18)/t3-,5+,6-,9-/m1/s1. The Morgan fingerprint density at radius 2 is 2.17 bits per heavy atom. The molecule has 0 spiro atoms. The van der Waals surface area contributed by atoms with Crippen LogP contribution in [0.3, 0.4) is 0 Å². The van der Waals surface area contributed by atoms with Crippen molar-refractivity contribution in [2.24, 2.45) is 0 Å². The second kappa shape index (κ2) is 6.20. The molecule has 3 heterocycles. The predicted molar refractivity (Wildman–Crippen MR) is 85.7 cm³/mol. The molecule has 3 rings (SSSR count). The molecule has 8 N–H and O–H groups in total. The van der Waals surface area contributed by atoms with Crippen LogP contribution in [-0.2, 0) is 15.7 Å². The summed E-state index contributed by atoms with van der Waals surface area (Å²) in [4.78, 5) is 50.0. The summed E-state index contributed by atoms with van der Waals surface area (Å²) in [6.45, 7) is -4.78. The van der Waals surface area contributed by atoms with Gasteiger partial charge in [-0.15, -0.1) is 10.9 Å². The summed E-state index contributed by atoms with van der Waals surface area (Å²) in [7, 11) is -0.270. The van der Waals surface area contributed by atoms with Crippen molar-refractivity contribution < 1.29 is 29.6 Å². The molecule has 0 amide bonds. The fourth-order valence-electron chi connectivity index (χ4n) is 2.54. The average molecular weight is 381 g/mol. The van der Waals surface area contributed by atoms with Crippen molar-refractivity contribution in [2.45, 2.75) is 23.7 Å². The summed E-state index contributed by atoms with van der Waals surface area (Å²) in [5, 5.41) is 18.5. The van der Waals surface area contributed by atoms with Gasteiger partial charge < -0.3 is 35.4 Å². The smallest absolute Gasteiger partial charge is 0.280 e. The topological polar surface area (TPSA) is 200 Å². The lowest BCUT2D eigenvalue weighted by Gasteiger charge is -2.20. The molecule has 0 aliphatic carbocycles. The third-order valence-electron chi connectivity index (χ3n) is 3.53. The molecule has 4 atom stereocenters. The molecule has 0 bridgehead atoms. The summed E-state index contributed by atoms with van der Waals surface area (Å²) in [6, 6.07) is 0. The van der Waals surface area contributed by atoms with Crippen molar-refractivity contribution in [1.82, 2.24) is 19.5 Å². The third-order valence-corrected chi connectivity index (χ3v) is 6.40. The van der Waals surface area contributed by atoms with Crippen molar-refractivity contribution in [3.05, 3.63) is 16.7 Å². The molecule has 14 heteroatoms. The third kappa shape index (κ3) is 3.12. The van der Waals surface area contributed by atoms with E-state index in [1.807, 2.05) is 0 Å². The van der Waals surface area contributed by atoms with Gasteiger partial charge in [-0.25, -0.2) is 4.98 Å². The molecule has 134 valence electrons. The number of aromatic nitrogens is 4. The first-order valence-corrected chi connectivity index (χ1v) is 9.99. The molecule has 1 aliphatic rings. The normalized spacial score (nSPS) is 27.9. The summed E-state index contributed by atoms with van der Waals surface area (Å²) in [5.74, 6) is -0.158. The lowest BCUT2D eigenvalue weighted by atomic mass is 10.2. The lowest BCUT2D eigenvalue weighted by Crippen LogP contribution is -2.33. The highest BCUT2D eigenvalue weighted by Gasteiger charge is 2.45. The molecule has 0 unspecified atom stereocenters. The SMILES string of the molecule is Nc1nc2c(ncn2[C@@H]2O[C@H](CO)[C@H](O)[C@H]2[SH]=P(O)(O)O)c(=O)[nH]1. The maximum absolute atomic E-state index is 11.8. The van der Waals surface area contributed by atoms with Gasteiger partial charge in [0.05, 0.1) is 24.3 Å². The van der Waals surface area contributed by atoms with E-state index in [0.29, 0.717) is 0 Å². The molecular formula is C10H16N5O7PS. The Labute approximate surface area is 137 Å². The van der Waals surface area contributed by atoms with Crippen LogP contribution >= 0.6 is 6.72 Å². The van der Waals surface area contributed by atoms with E-state index in [1.165, 1.54) is 10.9 Å². The molecule has 1 fully saturated rings. The van der Waals surface area contributed by atoms with Crippen LogP contribution in [0.25, 0.3) is 11.2 Å². The van der Waals surface area contributed by atoms with Gasteiger partial charge in [-0.05, 0) is 0 Å². The van der Waals surface area contributed by atoms with Crippen LogP contribution in [-0.4, -0.2) is 68.5 Å². The average Bonchev–Trinajstić information content (AvgIpc) is 3.00. The number of nitrogens with zero attached hydrogens (tertiary/aromatic N) is 3. The lowest BCUT2D eigenvalue weighted by molar-refractivity contribution is -0.0430. The molecule has 2 aromatic rings. The number of nitrogens with one attached hydrogen (secondary N) is 1. The number of hydrogen-bond donors (Lipinski definition) is 8. The number of aliphatic hydroxyl groups is 2. The zero-order valence-corrected chi connectivity index (χ0v) is 13.7. The Morgan fingerprint density at radius 1 is 1.46 bits per heavy atom. The molecule has 2 aromatic heterocycles. The summed E-state index contributed by atoms with van der Waals surface area (Å²) in [5.41, 5.74) is 4.98. The van der Waals surface area contributed by atoms with Crippen LogP contribution < -0.4 is 11.3 Å². The van der Waals surface area contributed by atoms with Crippen molar-refractivity contribution in [3.63, 3.8) is 0 Å². The largest absolute Gasteiger partial charge is 0.394 e. The highest BCUT2D eigenvalue weighted by Crippen LogP contribution is 2.40. The molecule has 0 aromatic carbocycles. The van der Waals surface area contributed by atoms with Crippen molar-refractivity contribution in [2.75, 3.05) is 12.3 Å². The van der Waals surface area contributed by atoms with E-state index < -0.39 is 42.6 Å². The fraction of sp³-hybridized carbons (Fsp3) is 0.500. The van der Waals surface area contributed by atoms with E-state index in [4.69, 9.17) is 10.5 Å². The number of ether oxygens (including phenoxy) is 1. The minimum Gasteiger partial charge on any atom is -0.394 e. The van der Waals surface area contributed by atoms with Gasteiger partial charge in [-0.1, -0.05) is 0 Å². The number of fused-ring (bicyclic) bond motifs is 1. The van der Waals surface area contributed by atoms with E-state index >= 15 is 0 Å². The van der Waals surface area contributed by atoms with Crippen molar-refractivity contribution in [1.29, 1.82) is 0 Å². The molecule has 0 saturated carbocycles. The number of nitrogens with two attached hydrogens (primary N) is 1. The zero-order chi connectivity index (χ0) is 17.6. The molecular weight excluding hydrogens is 365 g/mol. The number of thiol groups is 1. The number of aromatic amines is 1. The molecule has 1 aliphatic heterocycles. The van der Waals surface area contributed by atoms with Crippen LogP contribution in [0.4, 0.5) is 5.95 Å². The number of nitrogen functional groups attached to an aromatic ring is 1. The van der Waals surface area contributed by atoms with Crippen LogP contribution in [0.15, 0.2) is 11.1 Å². The van der Waals surface area contributed by atoms with E-state index in [9.17, 15) is 29.7 Å². The number of imidazole rings is 1. The van der Waals surface area contributed by atoms with Crippen LogP contribution in [0, 0.1) is 0 Å². The molecule has 0 radical (unpaired) electrons. The molecule has 24 heavy (non-hydrogen) atoms. The van der Waals surface area contributed by atoms with Gasteiger partial charge in [0.15, 0.2) is 17.4 Å². The second-order valence-electron chi connectivity index (χ2n) is 5.16. The molecule has 12 nitrogen and oxygen atoms in total. The van der Waals surface area contributed by atoms with Gasteiger partial charge >= 0.3 is 0 Å². The maximum Gasteiger partial charge on any atom is 0.280 e. The second-order valence-corrected chi connectivity index (χ2v) is 9.36. The van der Waals surface area contributed by atoms with E-state index in [2.05, 4.69) is 15.0 Å². The predicted octanol–water partition coefficient (Wildman–Crippen LogP) is -3.21. The highest BCUT2D eigenvalue weighted by molar-refractivity contribution is 8.16. The number of anilines is 1. The summed E-state index contributed by atoms with van der Waals surface area (Å²) >= 11 is 0. The Kier molecular flexibility index (Phi) is 4.53. The van der Waals surface area contributed by atoms with Crippen LogP contribution in [0.1, 0.15) is 6.23 Å². The number of hydrogen-bond acceptors (Lipinski definition) is 7. The first-order valence-electron chi connectivity index (χ1n) is 6.67. The summed E-state index contributed by atoms with van der Waals surface area (Å²) in [6.07, 6.45) is -2.14. The minimum absolute atomic E-state index is 0.0248. The van der Waals surface area contributed by atoms with Gasteiger partial charge in [0.1, 0.15) is 6.10 Å². The number of H-pyrrole nitrogens is 1. The fourth-order valence-corrected chi connectivity index (χ4v) is 5.38. The van der Waals surface area contributed by atoms with Gasteiger partial charge in [0.2, 0.25) is 5.95 Å². The van der Waals surface area contributed by atoms with Crippen molar-refractivity contribution >= 4 is 34.8 Å². The Balaban J connectivity index is 2.14. The Hall–Kier alpha value is -1.31. The van der Waals surface area contributed by atoms with Gasteiger partial charge in [-0.3, -0.25) is 14.3 Å². The van der Waals surface area contributed by atoms with Crippen LogP contribution in [0.2, 0.25) is 0 Å². The van der Waals surface area contributed by atoms with E-state index in [-0.39, 0.29) is 28.1 Å². The quantitative estimate of drug-likeness (QED) is 0.198. The van der Waals surface area contributed by atoms with E-state index in [0.717, 1.165) is 0 Å². The number of rotatable bonds is 3. The first-order chi connectivity index (χ1) is 11.2. The van der Waals surface area contributed by atoms with Gasteiger partial charge in [0.25, 0.3) is 12.3 Å². The Bertz CT molecular complexity index is 870. The zero-order valence-electron chi connectivity index (χ0n) is 12.0. The minimum atomic E-state index is -4.25. The monoisotopic (exact) mass is 381 g/mol. The highest BCUT2D eigenvalue weighted by atomic mass is 32.5. The van der Waals surface area contributed by atoms with E-state index in [1.54, 1.807) is 0 Å². The Morgan fingerprint density at radius 3 is 2.79 bits per heavy atom. The first kappa shape index (κ1) is 17.5. The summed E-state index contributed by atoms with van der Waals surface area (Å²) < 4.78 is 6.81. The van der Waals surface area contributed by atoms with Crippen LogP contribution in [0.5, 0.6) is 0 Å². The molecule has 1 saturated heterocycles. The van der Waals surface area contributed by atoms with Crippen molar-refractivity contribution in [3.8, 4) is 0 Å². The maximum atomic E-state index is 11.8.